The standard InChI is InChI=1S/C13H13ClN2OS/c1-2-7-18-13-15-11(8-12(17)16-13)9-5-3-4-6-10(9)14/h2-6,11H,1,7-8H2,(H,15,16,17)/t11-/m1/s1. The lowest BCUT2D eigenvalue weighted by Gasteiger charge is -2.21. The van der Waals surface area contributed by atoms with Gasteiger partial charge in [-0.3, -0.25) is 9.79 Å². The molecule has 0 unspecified atom stereocenters. The van der Waals surface area contributed by atoms with E-state index in [2.05, 4.69) is 16.9 Å². The van der Waals surface area contributed by atoms with Gasteiger partial charge in [0.2, 0.25) is 5.91 Å². The molecule has 1 atom stereocenters. The van der Waals surface area contributed by atoms with Crippen LogP contribution < -0.4 is 5.32 Å². The fourth-order valence-electron chi connectivity index (χ4n) is 1.70. The third-order valence-corrected chi connectivity index (χ3v) is 3.73. The first-order valence-corrected chi connectivity index (χ1v) is 6.93. The molecule has 0 bridgehead atoms. The second-order valence-corrected chi connectivity index (χ2v) is 5.24. The van der Waals surface area contributed by atoms with Crippen LogP contribution in [-0.2, 0) is 4.79 Å². The molecular weight excluding hydrogens is 268 g/mol. The Hall–Kier alpha value is -1.26. The van der Waals surface area contributed by atoms with Crippen molar-refractivity contribution in [3.05, 3.63) is 47.5 Å². The molecule has 0 spiro atoms. The average molecular weight is 281 g/mol. The van der Waals surface area contributed by atoms with Crippen LogP contribution in [0.1, 0.15) is 18.0 Å². The summed E-state index contributed by atoms with van der Waals surface area (Å²) in [4.78, 5) is 16.2. The van der Waals surface area contributed by atoms with Crippen LogP contribution >= 0.6 is 23.4 Å². The second-order valence-electron chi connectivity index (χ2n) is 3.82. The number of hydrogen-bond donors (Lipinski definition) is 1. The molecule has 1 heterocycles. The number of carbonyl (C=O) groups excluding carboxylic acids is 1. The van der Waals surface area contributed by atoms with E-state index in [1.165, 1.54) is 11.8 Å². The van der Waals surface area contributed by atoms with Gasteiger partial charge in [-0.2, -0.15) is 0 Å². The first-order chi connectivity index (χ1) is 8.70. The molecule has 1 aromatic rings. The summed E-state index contributed by atoms with van der Waals surface area (Å²) in [6.45, 7) is 3.65. The Balaban J connectivity index is 2.24. The van der Waals surface area contributed by atoms with Gasteiger partial charge in [0.25, 0.3) is 0 Å². The molecule has 0 saturated carbocycles. The van der Waals surface area contributed by atoms with E-state index in [0.29, 0.717) is 22.4 Å². The fourth-order valence-corrected chi connectivity index (χ4v) is 2.63. The average Bonchev–Trinajstić information content (AvgIpc) is 2.36. The van der Waals surface area contributed by atoms with Crippen molar-refractivity contribution in [2.45, 2.75) is 12.5 Å². The molecule has 1 aliphatic heterocycles. The predicted octanol–water partition coefficient (Wildman–Crippen LogP) is 3.18. The van der Waals surface area contributed by atoms with Gasteiger partial charge >= 0.3 is 0 Å². The number of halogens is 1. The summed E-state index contributed by atoms with van der Waals surface area (Å²) < 4.78 is 0. The van der Waals surface area contributed by atoms with Crippen LogP contribution in [-0.4, -0.2) is 16.8 Å². The Morgan fingerprint density at radius 3 is 3.06 bits per heavy atom. The van der Waals surface area contributed by atoms with Crippen molar-refractivity contribution in [2.24, 2.45) is 4.99 Å². The van der Waals surface area contributed by atoms with Gasteiger partial charge in [-0.1, -0.05) is 47.6 Å². The number of aliphatic imine (C=N–C) groups is 1. The van der Waals surface area contributed by atoms with Crippen LogP contribution in [0.4, 0.5) is 0 Å². The Labute approximate surface area is 115 Å². The van der Waals surface area contributed by atoms with Gasteiger partial charge in [0, 0.05) is 10.8 Å². The first-order valence-electron chi connectivity index (χ1n) is 5.56. The lowest BCUT2D eigenvalue weighted by atomic mass is 10.0. The van der Waals surface area contributed by atoms with Gasteiger partial charge in [-0.15, -0.1) is 6.58 Å². The van der Waals surface area contributed by atoms with Gasteiger partial charge in [0.05, 0.1) is 12.5 Å². The Morgan fingerprint density at radius 1 is 1.56 bits per heavy atom. The van der Waals surface area contributed by atoms with Crippen LogP contribution in [0.25, 0.3) is 0 Å². The smallest absolute Gasteiger partial charge is 0.228 e. The molecule has 18 heavy (non-hydrogen) atoms. The number of amides is 1. The van der Waals surface area contributed by atoms with Crippen molar-refractivity contribution < 1.29 is 4.79 Å². The zero-order valence-electron chi connectivity index (χ0n) is 9.73. The van der Waals surface area contributed by atoms with E-state index in [1.807, 2.05) is 24.3 Å². The maximum absolute atomic E-state index is 11.7. The maximum atomic E-state index is 11.7. The van der Waals surface area contributed by atoms with E-state index >= 15 is 0 Å². The summed E-state index contributed by atoms with van der Waals surface area (Å²) in [6.07, 6.45) is 2.11. The molecule has 1 aliphatic rings. The monoisotopic (exact) mass is 280 g/mol. The number of thioether (sulfide) groups is 1. The quantitative estimate of drug-likeness (QED) is 0.864. The van der Waals surface area contributed by atoms with Gasteiger partial charge in [-0.05, 0) is 11.6 Å². The summed E-state index contributed by atoms with van der Waals surface area (Å²) in [5, 5.41) is 4.04. The minimum absolute atomic E-state index is 0.0264. The van der Waals surface area contributed by atoms with Gasteiger partial charge in [0.1, 0.15) is 0 Å². The highest BCUT2D eigenvalue weighted by atomic mass is 35.5. The third-order valence-electron chi connectivity index (χ3n) is 2.50. The van der Waals surface area contributed by atoms with E-state index in [0.717, 1.165) is 5.56 Å². The third kappa shape index (κ3) is 3.15. The van der Waals surface area contributed by atoms with Crippen LogP contribution in [0.2, 0.25) is 5.02 Å². The van der Waals surface area contributed by atoms with Crippen molar-refractivity contribution >= 4 is 34.4 Å². The Kier molecular flexibility index (Phi) is 4.44. The fraction of sp³-hybridized carbons (Fsp3) is 0.231. The van der Waals surface area contributed by atoms with Crippen LogP contribution in [0.5, 0.6) is 0 Å². The van der Waals surface area contributed by atoms with Gasteiger partial charge in [0.15, 0.2) is 5.17 Å². The Bertz CT molecular complexity index is 502. The maximum Gasteiger partial charge on any atom is 0.228 e. The number of carbonyl (C=O) groups is 1. The number of hydrogen-bond acceptors (Lipinski definition) is 3. The summed E-state index contributed by atoms with van der Waals surface area (Å²) >= 11 is 7.60. The number of nitrogens with zero attached hydrogens (tertiary/aromatic N) is 1. The van der Waals surface area contributed by atoms with Crippen molar-refractivity contribution in [1.29, 1.82) is 0 Å². The molecule has 3 nitrogen and oxygen atoms in total. The molecule has 0 aromatic heterocycles. The predicted molar refractivity (Wildman–Crippen MR) is 77.0 cm³/mol. The highest BCUT2D eigenvalue weighted by Crippen LogP contribution is 2.30. The van der Waals surface area contributed by atoms with Crippen LogP contribution in [0.15, 0.2) is 41.9 Å². The van der Waals surface area contributed by atoms with Crippen molar-refractivity contribution in [1.82, 2.24) is 5.32 Å². The number of amidine groups is 1. The molecule has 0 aliphatic carbocycles. The van der Waals surface area contributed by atoms with E-state index in [9.17, 15) is 4.79 Å². The number of nitrogens with one attached hydrogen (secondary N) is 1. The molecule has 5 heteroatoms. The highest BCUT2D eigenvalue weighted by Gasteiger charge is 2.23. The zero-order valence-corrected chi connectivity index (χ0v) is 11.3. The highest BCUT2D eigenvalue weighted by molar-refractivity contribution is 8.14. The lowest BCUT2D eigenvalue weighted by molar-refractivity contribution is -0.120. The van der Waals surface area contributed by atoms with Crippen LogP contribution in [0, 0.1) is 0 Å². The van der Waals surface area contributed by atoms with E-state index in [-0.39, 0.29) is 11.9 Å². The molecule has 2 rings (SSSR count). The second kappa shape index (κ2) is 6.07. The molecule has 0 fully saturated rings. The van der Waals surface area contributed by atoms with E-state index in [4.69, 9.17) is 11.6 Å². The van der Waals surface area contributed by atoms with Gasteiger partial charge < -0.3 is 5.32 Å². The summed E-state index contributed by atoms with van der Waals surface area (Å²) in [5.74, 6) is 0.690. The van der Waals surface area contributed by atoms with Gasteiger partial charge in [-0.25, -0.2) is 0 Å². The molecule has 94 valence electrons. The minimum Gasteiger partial charge on any atom is -0.305 e. The molecular formula is C13H13ClN2OS. The first kappa shape index (κ1) is 13.2. The Morgan fingerprint density at radius 2 is 2.33 bits per heavy atom. The molecule has 1 N–H and O–H groups in total. The van der Waals surface area contributed by atoms with Crippen molar-refractivity contribution in [2.75, 3.05) is 5.75 Å². The lowest BCUT2D eigenvalue weighted by Crippen LogP contribution is -2.34. The molecule has 0 radical (unpaired) electrons. The molecule has 1 amide bonds. The van der Waals surface area contributed by atoms with Crippen molar-refractivity contribution in [3.63, 3.8) is 0 Å². The normalized spacial score (nSPS) is 19.1. The summed E-state index contributed by atoms with van der Waals surface area (Å²) in [5.41, 5.74) is 0.894. The summed E-state index contributed by atoms with van der Waals surface area (Å²) in [6, 6.07) is 7.30. The van der Waals surface area contributed by atoms with Crippen molar-refractivity contribution in [3.8, 4) is 0 Å². The number of rotatable bonds is 3. The molecule has 1 aromatic carbocycles. The van der Waals surface area contributed by atoms with Crippen LogP contribution in [0.3, 0.4) is 0 Å². The SMILES string of the molecule is C=CCSC1=N[C@@H](c2ccccc2Cl)CC(=O)N1. The van der Waals surface area contributed by atoms with E-state index < -0.39 is 0 Å². The molecule has 0 saturated heterocycles. The minimum atomic E-state index is -0.195. The summed E-state index contributed by atoms with van der Waals surface area (Å²) in [7, 11) is 0. The largest absolute Gasteiger partial charge is 0.305 e. The topological polar surface area (TPSA) is 41.5 Å². The van der Waals surface area contributed by atoms with E-state index in [1.54, 1.807) is 6.08 Å². The number of benzene rings is 1. The zero-order chi connectivity index (χ0) is 13.0.